The van der Waals surface area contributed by atoms with E-state index in [9.17, 15) is 43.8 Å². The summed E-state index contributed by atoms with van der Waals surface area (Å²) in [6, 6.07) is -2.02. The molecule has 1 aliphatic heterocycles. The van der Waals surface area contributed by atoms with Gasteiger partial charge in [-0.2, -0.15) is 0 Å². The van der Waals surface area contributed by atoms with Crippen LogP contribution in [0.3, 0.4) is 0 Å². The first-order valence-corrected chi connectivity index (χ1v) is 20.9. The number of amides is 7. The molecule has 1 aromatic rings. The molecule has 61 heavy (non-hydrogen) atoms. The molecule has 0 unspecified atom stereocenters. The van der Waals surface area contributed by atoms with E-state index in [1.165, 1.54) is 12.1 Å². The highest BCUT2D eigenvalue weighted by atomic mass is 16.3. The Hall–Kier alpha value is -5.54. The molecule has 342 valence electrons. The van der Waals surface area contributed by atoms with E-state index in [4.69, 9.17) is 22.9 Å². The fourth-order valence-electron chi connectivity index (χ4n) is 6.56. The van der Waals surface area contributed by atoms with Crippen molar-refractivity contribution >= 4 is 47.3 Å². The molecule has 1 aromatic carbocycles. The first-order valence-electron chi connectivity index (χ1n) is 20.9. The number of hydrogen-bond donors (Lipinski definition) is 13. The highest BCUT2D eigenvalue weighted by molar-refractivity contribution is 5.97. The van der Waals surface area contributed by atoms with Crippen molar-refractivity contribution in [1.29, 1.82) is 0 Å². The third-order valence-electron chi connectivity index (χ3n) is 10.4. The van der Waals surface area contributed by atoms with E-state index in [1.54, 1.807) is 32.9 Å². The second-order valence-electron chi connectivity index (χ2n) is 15.7. The molecule has 0 aromatic heterocycles. The van der Waals surface area contributed by atoms with Gasteiger partial charge in [0.2, 0.25) is 41.4 Å². The van der Waals surface area contributed by atoms with Crippen molar-refractivity contribution in [3.8, 4) is 5.75 Å². The minimum atomic E-state index is -1.37. The van der Waals surface area contributed by atoms with Crippen LogP contribution in [0.1, 0.15) is 84.6 Å². The zero-order valence-corrected chi connectivity index (χ0v) is 35.7. The topological polar surface area (TPSA) is 361 Å². The number of carbonyl (C=O) groups excluding carboxylic acids is 7. The quantitative estimate of drug-likeness (QED) is 0.0238. The molecule has 1 aliphatic rings. The van der Waals surface area contributed by atoms with Gasteiger partial charge in [-0.15, -0.1) is 0 Å². The van der Waals surface area contributed by atoms with Crippen LogP contribution in [0.5, 0.6) is 5.75 Å². The van der Waals surface area contributed by atoms with Gasteiger partial charge in [0.15, 0.2) is 5.96 Å². The van der Waals surface area contributed by atoms with Gasteiger partial charge in [0.25, 0.3) is 0 Å². The number of carbonyl (C=O) groups is 7. The molecule has 7 amide bonds. The summed E-state index contributed by atoms with van der Waals surface area (Å²) in [7, 11) is 0. The van der Waals surface area contributed by atoms with E-state index >= 15 is 0 Å². The summed E-state index contributed by atoms with van der Waals surface area (Å²) < 4.78 is 0. The van der Waals surface area contributed by atoms with Crippen LogP contribution in [0.2, 0.25) is 0 Å². The van der Waals surface area contributed by atoms with Crippen molar-refractivity contribution < 1.29 is 43.8 Å². The van der Waals surface area contributed by atoms with Gasteiger partial charge in [-0.25, -0.2) is 0 Å². The van der Waals surface area contributed by atoms with Crippen molar-refractivity contribution in [3.05, 3.63) is 29.8 Å². The summed E-state index contributed by atoms with van der Waals surface area (Å²) in [6.45, 7) is 7.24. The largest absolute Gasteiger partial charge is 0.508 e. The number of nitrogens with one attached hydrogen (secondary N) is 7. The van der Waals surface area contributed by atoms with Crippen LogP contribution in [-0.4, -0.2) is 126 Å². The van der Waals surface area contributed by atoms with Crippen molar-refractivity contribution in [2.75, 3.05) is 26.2 Å². The molecule has 0 radical (unpaired) electrons. The fourth-order valence-corrected chi connectivity index (χ4v) is 6.56. The number of nitrogens with zero attached hydrogens (tertiary/aromatic N) is 1. The Morgan fingerprint density at radius 3 is 1.85 bits per heavy atom. The third-order valence-corrected chi connectivity index (χ3v) is 10.4. The molecular formula is C40H68N12O9. The first-order chi connectivity index (χ1) is 28.9. The molecule has 0 bridgehead atoms. The number of aliphatic imine (C=N–C) groups is 1. The predicted molar refractivity (Wildman–Crippen MR) is 228 cm³/mol. The van der Waals surface area contributed by atoms with Crippen molar-refractivity contribution in [2.24, 2.45) is 39.8 Å². The second kappa shape index (κ2) is 26.6. The average molecular weight is 861 g/mol. The number of aliphatic hydroxyl groups excluding tert-OH is 1. The Balaban J connectivity index is 2.39. The number of guanidine groups is 1. The second-order valence-corrected chi connectivity index (χ2v) is 15.7. The van der Waals surface area contributed by atoms with E-state index < -0.39 is 96.2 Å². The molecule has 0 spiro atoms. The Morgan fingerprint density at radius 2 is 1.31 bits per heavy atom. The number of phenols is 1. The van der Waals surface area contributed by atoms with Crippen LogP contribution in [-0.2, 0) is 40.0 Å². The van der Waals surface area contributed by atoms with Gasteiger partial charge >= 0.3 is 0 Å². The van der Waals surface area contributed by atoms with E-state index in [2.05, 4.69) is 42.2 Å². The van der Waals surface area contributed by atoms with Gasteiger partial charge in [0.1, 0.15) is 42.0 Å². The monoisotopic (exact) mass is 861 g/mol. The van der Waals surface area contributed by atoms with E-state index in [0.717, 1.165) is 6.42 Å². The summed E-state index contributed by atoms with van der Waals surface area (Å²) >= 11 is 0. The van der Waals surface area contributed by atoms with Crippen molar-refractivity contribution in [3.63, 3.8) is 0 Å². The lowest BCUT2D eigenvalue weighted by atomic mass is 9.97. The predicted octanol–water partition coefficient (Wildman–Crippen LogP) is -3.04. The lowest BCUT2D eigenvalue weighted by molar-refractivity contribution is -0.136. The van der Waals surface area contributed by atoms with Gasteiger partial charge in [-0.1, -0.05) is 46.2 Å². The Bertz CT molecular complexity index is 1630. The Labute approximate surface area is 357 Å². The maximum atomic E-state index is 14.2. The Morgan fingerprint density at radius 1 is 0.754 bits per heavy atom. The van der Waals surface area contributed by atoms with Gasteiger partial charge in [0, 0.05) is 13.0 Å². The molecule has 0 aliphatic carbocycles. The van der Waals surface area contributed by atoms with Crippen LogP contribution < -0.4 is 60.2 Å². The molecule has 0 saturated carbocycles. The molecule has 1 heterocycles. The number of hydrogen-bond acceptors (Lipinski definition) is 12. The van der Waals surface area contributed by atoms with Crippen molar-refractivity contribution in [2.45, 2.75) is 128 Å². The summed E-state index contributed by atoms with van der Waals surface area (Å²) in [4.78, 5) is 98.0. The summed E-state index contributed by atoms with van der Waals surface area (Å²) in [5, 5.41) is 38.8. The lowest BCUT2D eigenvalue weighted by Crippen LogP contribution is -2.61. The molecular weight excluding hydrogens is 793 g/mol. The van der Waals surface area contributed by atoms with Crippen LogP contribution in [0.25, 0.3) is 0 Å². The molecule has 1 saturated heterocycles. The van der Waals surface area contributed by atoms with Gasteiger partial charge in [0.05, 0.1) is 12.6 Å². The minimum absolute atomic E-state index is 0.0366. The minimum Gasteiger partial charge on any atom is -0.508 e. The summed E-state index contributed by atoms with van der Waals surface area (Å²) in [5.41, 5.74) is 22.7. The molecule has 8 atom stereocenters. The summed E-state index contributed by atoms with van der Waals surface area (Å²) in [5.74, 6) is -6.07. The van der Waals surface area contributed by atoms with Gasteiger partial charge in [-0.3, -0.25) is 38.6 Å². The molecule has 1 fully saturated rings. The van der Waals surface area contributed by atoms with Crippen LogP contribution in [0.15, 0.2) is 29.3 Å². The standard InChI is InChI=1S/C40H68N12O9/c1-5-23(4)32(33(42)55)52-36(58)28(12-9-19-46-40(43)44)48-39(61)31(22(2)3)51-37(59)29(20-24-13-15-25(54)16-14-24)49-35(57)27(10-6-7-17-41)47-38(60)30(21-53)50-34(56)26-11-8-18-45-26/h13-16,22-23,26-32,45,53-54H,5-12,17-21,41H2,1-4H3,(H2,42,55)(H,47,60)(H,48,61)(H,49,57)(H,50,56)(H,51,59)(H,52,58)(H4,43,44,46)/t23-,26-,27-,28-,29-,30-,31-,32-/m0/s1. The van der Waals surface area contributed by atoms with Gasteiger partial charge in [-0.05, 0) is 87.6 Å². The van der Waals surface area contributed by atoms with E-state index in [-0.39, 0.29) is 49.9 Å². The molecule has 21 nitrogen and oxygen atoms in total. The SMILES string of the molecule is CC[C@H](C)[C@H](NC(=O)[C@H](CCCN=C(N)N)NC(=O)[C@@H](NC(=O)[C@H](Cc1ccc(O)cc1)NC(=O)[C@H](CCCCN)NC(=O)[C@H](CO)NC(=O)[C@@H]1CCCN1)C(C)C)C(N)=O. The Kier molecular flexibility index (Phi) is 22.5. The zero-order valence-electron chi connectivity index (χ0n) is 35.7. The highest BCUT2D eigenvalue weighted by Crippen LogP contribution is 2.14. The number of primary amides is 1. The average Bonchev–Trinajstić information content (AvgIpc) is 3.77. The summed E-state index contributed by atoms with van der Waals surface area (Å²) in [6.07, 6.45) is 3.05. The number of aliphatic hydroxyl groups is 1. The molecule has 21 heteroatoms. The maximum Gasteiger partial charge on any atom is 0.245 e. The maximum absolute atomic E-state index is 14.2. The number of nitrogens with two attached hydrogens (primary N) is 4. The van der Waals surface area contributed by atoms with Gasteiger partial charge < -0.3 is 70.4 Å². The van der Waals surface area contributed by atoms with Crippen molar-refractivity contribution in [1.82, 2.24) is 37.2 Å². The zero-order chi connectivity index (χ0) is 45.6. The number of benzene rings is 1. The number of phenolic OH excluding ortho intramolecular Hbond substituents is 1. The number of unbranched alkanes of at least 4 members (excludes halogenated alkanes) is 1. The smallest absolute Gasteiger partial charge is 0.245 e. The van der Waals surface area contributed by atoms with E-state index in [0.29, 0.717) is 44.3 Å². The van der Waals surface area contributed by atoms with Crippen LogP contribution in [0, 0.1) is 11.8 Å². The lowest BCUT2D eigenvalue weighted by Gasteiger charge is -2.29. The fraction of sp³-hybridized carbons (Fsp3) is 0.650. The first kappa shape index (κ1) is 51.6. The van der Waals surface area contributed by atoms with E-state index in [1.807, 2.05) is 6.92 Å². The molecule has 17 N–H and O–H groups in total. The normalized spacial score (nSPS) is 17.0. The highest BCUT2D eigenvalue weighted by Gasteiger charge is 2.35. The number of rotatable bonds is 27. The molecule has 2 rings (SSSR count). The van der Waals surface area contributed by atoms with Crippen LogP contribution in [0.4, 0.5) is 0 Å². The number of aromatic hydroxyl groups is 1. The van der Waals surface area contributed by atoms with Crippen LogP contribution >= 0.6 is 0 Å². The third kappa shape index (κ3) is 17.9.